The van der Waals surface area contributed by atoms with Crippen LogP contribution in [0.4, 0.5) is 0 Å². The molecule has 1 N–H and O–H groups in total. The number of carbonyl (C=O) groups excluding carboxylic acids is 1. The summed E-state index contributed by atoms with van der Waals surface area (Å²) in [5, 5.41) is 7.11. The molecule has 1 amide bonds. The van der Waals surface area contributed by atoms with E-state index in [9.17, 15) is 4.79 Å². The summed E-state index contributed by atoms with van der Waals surface area (Å²) in [4.78, 5) is 17.4. The van der Waals surface area contributed by atoms with E-state index >= 15 is 0 Å². The molecule has 3 heterocycles. The van der Waals surface area contributed by atoms with Crippen LogP contribution >= 0.6 is 0 Å². The van der Waals surface area contributed by atoms with Crippen molar-refractivity contribution in [3.63, 3.8) is 0 Å². The zero-order chi connectivity index (χ0) is 19.2. The zero-order valence-electron chi connectivity index (χ0n) is 17.0. The highest BCUT2D eigenvalue weighted by Crippen LogP contribution is 2.36. The van der Waals surface area contributed by atoms with Crippen LogP contribution in [-0.4, -0.2) is 71.3 Å². The first-order chi connectivity index (χ1) is 12.8. The number of nitrogens with zero attached hydrogens (tertiary/aromatic N) is 3. The second kappa shape index (κ2) is 7.18. The van der Waals surface area contributed by atoms with Crippen LogP contribution in [0, 0.1) is 19.8 Å². The Kier molecular flexibility index (Phi) is 5.03. The molecular weight excluding hydrogens is 344 g/mol. The highest BCUT2D eigenvalue weighted by Gasteiger charge is 2.51. The molecule has 1 aromatic heterocycles. The summed E-state index contributed by atoms with van der Waals surface area (Å²) in [6.07, 6.45) is 2.59. The molecule has 3 fully saturated rings. The molecule has 1 aliphatic carbocycles. The topological polar surface area (TPSA) is 70.8 Å². The lowest BCUT2D eigenvalue weighted by Crippen LogP contribution is -2.72. The first kappa shape index (κ1) is 18.9. The lowest BCUT2D eigenvalue weighted by atomic mass is 9.89. The van der Waals surface area contributed by atoms with Gasteiger partial charge in [-0.25, -0.2) is 0 Å². The van der Waals surface area contributed by atoms with Gasteiger partial charge < -0.3 is 14.6 Å². The Morgan fingerprint density at radius 1 is 1.30 bits per heavy atom. The predicted octanol–water partition coefficient (Wildman–Crippen LogP) is 1.48. The Hall–Kier alpha value is -1.44. The minimum Gasteiger partial charge on any atom is -0.369 e. The average molecular weight is 377 g/mol. The van der Waals surface area contributed by atoms with Crippen molar-refractivity contribution >= 4 is 5.91 Å². The van der Waals surface area contributed by atoms with Gasteiger partial charge in [0.2, 0.25) is 5.91 Å². The van der Waals surface area contributed by atoms with Crippen molar-refractivity contribution in [3.8, 4) is 0 Å². The van der Waals surface area contributed by atoms with Crippen molar-refractivity contribution in [3.05, 3.63) is 17.0 Å². The van der Waals surface area contributed by atoms with Crippen LogP contribution in [0.3, 0.4) is 0 Å². The average Bonchev–Trinajstić information content (AvgIpc) is 3.33. The van der Waals surface area contributed by atoms with Gasteiger partial charge in [0.25, 0.3) is 0 Å². The number of hydrogen-bond donors (Lipinski definition) is 1. The monoisotopic (exact) mass is 376 g/mol. The fourth-order valence-corrected chi connectivity index (χ4v) is 4.36. The van der Waals surface area contributed by atoms with Gasteiger partial charge in [0.1, 0.15) is 17.4 Å². The molecule has 0 radical (unpaired) electrons. The van der Waals surface area contributed by atoms with Crippen LogP contribution in [0.1, 0.15) is 43.7 Å². The van der Waals surface area contributed by atoms with Crippen molar-refractivity contribution in [1.82, 2.24) is 20.3 Å². The second-order valence-electron chi connectivity index (χ2n) is 8.99. The molecule has 1 atom stereocenters. The van der Waals surface area contributed by atoms with Crippen LogP contribution in [0.2, 0.25) is 0 Å². The van der Waals surface area contributed by atoms with E-state index in [1.54, 1.807) is 0 Å². The molecule has 0 bridgehead atoms. The third-order valence-corrected chi connectivity index (χ3v) is 5.99. The van der Waals surface area contributed by atoms with Crippen LogP contribution in [0.25, 0.3) is 0 Å². The van der Waals surface area contributed by atoms with E-state index in [1.807, 2.05) is 27.7 Å². The molecule has 0 unspecified atom stereocenters. The van der Waals surface area contributed by atoms with Crippen molar-refractivity contribution in [2.75, 3.05) is 32.8 Å². The quantitative estimate of drug-likeness (QED) is 0.811. The predicted molar refractivity (Wildman–Crippen MR) is 101 cm³/mol. The SMILES string of the molecule is Cc1noc(C)c1CN1CC2(C1)CN(CC1CC1)[C@H](C(=O)NC(C)C)CO2. The van der Waals surface area contributed by atoms with Gasteiger partial charge in [-0.3, -0.25) is 14.6 Å². The van der Waals surface area contributed by atoms with Crippen molar-refractivity contribution < 1.29 is 14.1 Å². The van der Waals surface area contributed by atoms with Crippen LogP contribution in [-0.2, 0) is 16.1 Å². The summed E-state index contributed by atoms with van der Waals surface area (Å²) in [6, 6.07) is 0.000595. The summed E-state index contributed by atoms with van der Waals surface area (Å²) in [7, 11) is 0. The highest BCUT2D eigenvalue weighted by atomic mass is 16.5. The molecule has 1 saturated carbocycles. The number of aryl methyl sites for hydroxylation is 2. The lowest BCUT2D eigenvalue weighted by molar-refractivity contribution is -0.203. The van der Waals surface area contributed by atoms with Gasteiger partial charge in [-0.2, -0.15) is 0 Å². The number of nitrogens with one attached hydrogen (secondary N) is 1. The maximum absolute atomic E-state index is 12.6. The largest absolute Gasteiger partial charge is 0.369 e. The van der Waals surface area contributed by atoms with E-state index in [1.165, 1.54) is 18.4 Å². The van der Waals surface area contributed by atoms with Gasteiger partial charge >= 0.3 is 0 Å². The third-order valence-electron chi connectivity index (χ3n) is 5.99. The minimum atomic E-state index is -0.157. The first-order valence-corrected chi connectivity index (χ1v) is 10.2. The summed E-state index contributed by atoms with van der Waals surface area (Å²) in [5.41, 5.74) is 2.02. The molecule has 1 aromatic rings. The molecule has 2 saturated heterocycles. The summed E-state index contributed by atoms with van der Waals surface area (Å²) in [6.45, 7) is 13.0. The number of ether oxygens (including phenoxy) is 1. The van der Waals surface area contributed by atoms with Crippen molar-refractivity contribution in [2.24, 2.45) is 5.92 Å². The van der Waals surface area contributed by atoms with Crippen LogP contribution in [0.15, 0.2) is 4.52 Å². The minimum absolute atomic E-state index is 0.104. The number of morpholine rings is 1. The summed E-state index contributed by atoms with van der Waals surface area (Å²) >= 11 is 0. The number of aromatic nitrogens is 1. The standard InChI is InChI=1S/C20H32N4O3/c1-13(2)21-19(25)18-9-26-20(12-24(18)7-16-5-6-16)10-23(11-20)8-17-14(3)22-27-15(17)4/h13,16,18H,5-12H2,1-4H3,(H,21,25)/t18-/m0/s1. The van der Waals surface area contributed by atoms with Gasteiger partial charge in [-0.05, 0) is 46.5 Å². The van der Waals surface area contributed by atoms with Gasteiger partial charge in [0, 0.05) is 44.3 Å². The van der Waals surface area contributed by atoms with Gasteiger partial charge in [-0.1, -0.05) is 5.16 Å². The fourth-order valence-electron chi connectivity index (χ4n) is 4.36. The molecule has 7 heteroatoms. The number of amides is 1. The third kappa shape index (κ3) is 4.05. The molecule has 27 heavy (non-hydrogen) atoms. The normalized spacial score (nSPS) is 25.7. The Morgan fingerprint density at radius 2 is 2.04 bits per heavy atom. The zero-order valence-corrected chi connectivity index (χ0v) is 17.0. The van der Waals surface area contributed by atoms with Crippen molar-refractivity contribution in [2.45, 2.75) is 64.8 Å². The molecule has 7 nitrogen and oxygen atoms in total. The van der Waals surface area contributed by atoms with Gasteiger partial charge in [-0.15, -0.1) is 0 Å². The molecule has 150 valence electrons. The molecule has 2 aliphatic heterocycles. The molecule has 4 rings (SSSR count). The number of carbonyl (C=O) groups is 1. The van der Waals surface area contributed by atoms with E-state index in [2.05, 4.69) is 20.3 Å². The molecule has 3 aliphatic rings. The Morgan fingerprint density at radius 3 is 2.63 bits per heavy atom. The highest BCUT2D eigenvalue weighted by molar-refractivity contribution is 5.82. The Labute approximate surface area is 161 Å². The second-order valence-corrected chi connectivity index (χ2v) is 8.99. The van der Waals surface area contributed by atoms with Crippen LogP contribution < -0.4 is 5.32 Å². The molecular formula is C20H32N4O3. The number of hydrogen-bond acceptors (Lipinski definition) is 6. The van der Waals surface area contributed by atoms with E-state index in [0.29, 0.717) is 6.61 Å². The van der Waals surface area contributed by atoms with E-state index < -0.39 is 0 Å². The van der Waals surface area contributed by atoms with Crippen molar-refractivity contribution in [1.29, 1.82) is 0 Å². The lowest BCUT2D eigenvalue weighted by Gasteiger charge is -2.55. The van der Waals surface area contributed by atoms with Crippen LogP contribution in [0.5, 0.6) is 0 Å². The van der Waals surface area contributed by atoms with E-state index in [4.69, 9.17) is 9.26 Å². The van der Waals surface area contributed by atoms with Gasteiger partial charge in [0.05, 0.1) is 12.3 Å². The first-order valence-electron chi connectivity index (χ1n) is 10.2. The van der Waals surface area contributed by atoms with Gasteiger partial charge in [0.15, 0.2) is 0 Å². The van der Waals surface area contributed by atoms with E-state index in [0.717, 1.165) is 50.1 Å². The summed E-state index contributed by atoms with van der Waals surface area (Å²) < 4.78 is 11.6. The van der Waals surface area contributed by atoms with E-state index in [-0.39, 0.29) is 23.6 Å². The Balaban J connectivity index is 1.37. The fraction of sp³-hybridized carbons (Fsp3) is 0.800. The smallest absolute Gasteiger partial charge is 0.239 e. The maximum atomic E-state index is 12.6. The molecule has 1 spiro atoms. The number of rotatable bonds is 6. The Bertz CT molecular complexity index is 672. The number of likely N-dealkylation sites (tertiary alicyclic amines) is 1. The summed E-state index contributed by atoms with van der Waals surface area (Å²) in [5.74, 6) is 1.76. The molecule has 0 aromatic carbocycles. The maximum Gasteiger partial charge on any atom is 0.239 e.